The van der Waals surface area contributed by atoms with Gasteiger partial charge in [0.25, 0.3) is 0 Å². The molecule has 0 radical (unpaired) electrons. The average Bonchev–Trinajstić information content (AvgIpc) is 2.53. The van der Waals surface area contributed by atoms with Gasteiger partial charge in [0.2, 0.25) is 11.8 Å². The molecule has 4 N–H and O–H groups in total. The molecule has 0 rings (SSSR count). The van der Waals surface area contributed by atoms with Crippen molar-refractivity contribution in [2.45, 2.75) is 67.2 Å². The van der Waals surface area contributed by atoms with E-state index in [9.17, 15) is 14.4 Å². The Morgan fingerprint density at radius 1 is 1.08 bits per heavy atom. The van der Waals surface area contributed by atoms with Crippen LogP contribution in [0.2, 0.25) is 0 Å². The molecule has 7 nitrogen and oxygen atoms in total. The summed E-state index contributed by atoms with van der Waals surface area (Å²) < 4.78 is 0. The highest BCUT2D eigenvalue weighted by atomic mass is 16.6. The largest absolute Gasteiger partial charge is 0.356 e. The maximum absolute atomic E-state index is 12.7. The summed E-state index contributed by atoms with van der Waals surface area (Å²) in [6, 6.07) is 0. The lowest BCUT2D eigenvalue weighted by Gasteiger charge is -2.35. The van der Waals surface area contributed by atoms with Crippen LogP contribution in [0.3, 0.4) is 0 Å². The van der Waals surface area contributed by atoms with E-state index < -0.39 is 10.8 Å². The zero-order chi connectivity index (χ0) is 20.4. The van der Waals surface area contributed by atoms with Crippen LogP contribution in [0, 0.1) is 16.7 Å². The highest BCUT2D eigenvalue weighted by Gasteiger charge is 2.40. The van der Waals surface area contributed by atoms with E-state index in [1.165, 1.54) is 0 Å². The first-order valence-electron chi connectivity index (χ1n) is 9.38. The molecule has 0 aliphatic heterocycles. The predicted octanol–water partition coefficient (Wildman–Crippen LogP) is 1.95. The molecule has 0 aliphatic carbocycles. The third-order valence-electron chi connectivity index (χ3n) is 4.68. The second-order valence-corrected chi connectivity index (χ2v) is 8.27. The van der Waals surface area contributed by atoms with Crippen LogP contribution in [0.25, 0.3) is 0 Å². The lowest BCUT2D eigenvalue weighted by atomic mass is 9.69. The number of carbonyl (C=O) groups is 3. The molecule has 0 aromatic rings. The number of rotatable bonds is 13. The number of hydrogen-bond donors (Lipinski definition) is 3. The SMILES string of the molecule is CCC(C)(CC(C)(C)C(=O)CC(C)C)C(=O)NCCCNC(=O)CON. The molecule has 0 fully saturated rings. The van der Waals surface area contributed by atoms with E-state index in [2.05, 4.69) is 15.5 Å². The van der Waals surface area contributed by atoms with E-state index in [4.69, 9.17) is 5.90 Å². The zero-order valence-electron chi connectivity index (χ0n) is 17.2. The van der Waals surface area contributed by atoms with Gasteiger partial charge in [0.05, 0.1) is 0 Å². The third-order valence-corrected chi connectivity index (χ3v) is 4.68. The Labute approximate surface area is 157 Å². The van der Waals surface area contributed by atoms with Crippen LogP contribution in [0.5, 0.6) is 0 Å². The topological polar surface area (TPSA) is 111 Å². The first kappa shape index (κ1) is 24.5. The van der Waals surface area contributed by atoms with Crippen molar-refractivity contribution in [3.05, 3.63) is 0 Å². The zero-order valence-corrected chi connectivity index (χ0v) is 17.2. The summed E-state index contributed by atoms with van der Waals surface area (Å²) in [5.74, 6) is 4.98. The molecule has 0 bridgehead atoms. The first-order valence-corrected chi connectivity index (χ1v) is 9.38. The number of Topliss-reactive ketones (excluding diaryl/α,β-unsaturated/α-hetero) is 1. The van der Waals surface area contributed by atoms with Gasteiger partial charge in [0, 0.05) is 30.3 Å². The maximum atomic E-state index is 12.7. The van der Waals surface area contributed by atoms with Gasteiger partial charge in [-0.25, -0.2) is 5.90 Å². The van der Waals surface area contributed by atoms with Crippen LogP contribution in [-0.4, -0.2) is 37.3 Å². The van der Waals surface area contributed by atoms with Crippen molar-refractivity contribution in [1.82, 2.24) is 10.6 Å². The standard InChI is InChI=1S/C19H37N3O4/c1-7-19(6,13-18(4,5)15(23)11-14(2)3)17(25)22-10-8-9-21-16(24)12-26-20/h14H,7-13,20H2,1-6H3,(H,21,24)(H,22,25). The lowest BCUT2D eigenvalue weighted by Crippen LogP contribution is -2.44. The molecule has 26 heavy (non-hydrogen) atoms. The molecule has 2 amide bonds. The van der Waals surface area contributed by atoms with Gasteiger partial charge in [-0.05, 0) is 25.2 Å². The van der Waals surface area contributed by atoms with Crippen LogP contribution in [-0.2, 0) is 19.2 Å². The minimum Gasteiger partial charge on any atom is -0.356 e. The van der Waals surface area contributed by atoms with Gasteiger partial charge in [-0.3, -0.25) is 19.2 Å². The number of nitrogens with two attached hydrogens (primary N) is 1. The summed E-state index contributed by atoms with van der Waals surface area (Å²) in [6.07, 6.45) is 2.30. The highest BCUT2D eigenvalue weighted by Crippen LogP contribution is 2.38. The second-order valence-electron chi connectivity index (χ2n) is 8.27. The molecule has 1 unspecified atom stereocenters. The van der Waals surface area contributed by atoms with E-state index in [1.807, 2.05) is 41.5 Å². The summed E-state index contributed by atoms with van der Waals surface area (Å²) >= 11 is 0. The molecular weight excluding hydrogens is 334 g/mol. The van der Waals surface area contributed by atoms with E-state index >= 15 is 0 Å². The van der Waals surface area contributed by atoms with Crippen molar-refractivity contribution in [3.63, 3.8) is 0 Å². The summed E-state index contributed by atoms with van der Waals surface area (Å²) in [7, 11) is 0. The Kier molecular flexibility index (Phi) is 10.6. The van der Waals surface area contributed by atoms with Gasteiger partial charge >= 0.3 is 0 Å². The number of hydrogen-bond acceptors (Lipinski definition) is 5. The molecule has 7 heteroatoms. The molecule has 0 heterocycles. The molecular formula is C19H37N3O4. The van der Waals surface area contributed by atoms with Crippen LogP contribution >= 0.6 is 0 Å². The number of nitrogens with one attached hydrogen (secondary N) is 2. The minimum atomic E-state index is -0.604. The maximum Gasteiger partial charge on any atom is 0.248 e. The van der Waals surface area contributed by atoms with Gasteiger partial charge < -0.3 is 10.6 Å². The van der Waals surface area contributed by atoms with Crippen molar-refractivity contribution in [1.29, 1.82) is 0 Å². The summed E-state index contributed by atoms with van der Waals surface area (Å²) in [5, 5.41) is 5.57. The van der Waals surface area contributed by atoms with E-state index in [-0.39, 0.29) is 24.2 Å². The number of ketones is 1. The summed E-state index contributed by atoms with van der Waals surface area (Å²) in [4.78, 5) is 40.6. The van der Waals surface area contributed by atoms with E-state index in [0.29, 0.717) is 44.7 Å². The van der Waals surface area contributed by atoms with Gasteiger partial charge in [-0.15, -0.1) is 0 Å². The van der Waals surface area contributed by atoms with Gasteiger partial charge in [0.15, 0.2) is 0 Å². The van der Waals surface area contributed by atoms with Crippen LogP contribution < -0.4 is 16.5 Å². The molecule has 1 atom stereocenters. The van der Waals surface area contributed by atoms with E-state index in [1.54, 1.807) is 0 Å². The Hall–Kier alpha value is -1.47. The first-order chi connectivity index (χ1) is 12.0. The minimum absolute atomic E-state index is 0.0537. The number of carbonyl (C=O) groups excluding carboxylic acids is 3. The van der Waals surface area contributed by atoms with E-state index in [0.717, 1.165) is 0 Å². The van der Waals surface area contributed by atoms with Crippen molar-refractivity contribution in [2.75, 3.05) is 19.7 Å². The van der Waals surface area contributed by atoms with Crippen molar-refractivity contribution >= 4 is 17.6 Å². The molecule has 0 aromatic carbocycles. The van der Waals surface area contributed by atoms with Crippen LogP contribution in [0.4, 0.5) is 0 Å². The normalized spacial score (nSPS) is 14.0. The van der Waals surface area contributed by atoms with Crippen LogP contribution in [0.15, 0.2) is 0 Å². The Morgan fingerprint density at radius 2 is 1.65 bits per heavy atom. The molecule has 0 saturated carbocycles. The highest BCUT2D eigenvalue weighted by molar-refractivity contribution is 5.87. The smallest absolute Gasteiger partial charge is 0.248 e. The van der Waals surface area contributed by atoms with Crippen molar-refractivity contribution in [3.8, 4) is 0 Å². The molecule has 0 spiro atoms. The van der Waals surface area contributed by atoms with Gasteiger partial charge in [0.1, 0.15) is 12.4 Å². The monoisotopic (exact) mass is 371 g/mol. The van der Waals surface area contributed by atoms with Crippen LogP contribution in [0.1, 0.15) is 67.2 Å². The Balaban J connectivity index is 4.55. The number of amides is 2. The fourth-order valence-corrected chi connectivity index (χ4v) is 2.95. The molecule has 0 aliphatic rings. The fourth-order valence-electron chi connectivity index (χ4n) is 2.95. The Morgan fingerprint density at radius 3 is 2.15 bits per heavy atom. The van der Waals surface area contributed by atoms with Crippen molar-refractivity contribution < 1.29 is 19.2 Å². The predicted molar refractivity (Wildman–Crippen MR) is 102 cm³/mol. The average molecular weight is 372 g/mol. The quantitative estimate of drug-likeness (QED) is 0.338. The molecule has 0 aromatic heterocycles. The fraction of sp³-hybridized carbons (Fsp3) is 0.842. The Bertz CT molecular complexity index is 477. The third kappa shape index (κ3) is 8.76. The van der Waals surface area contributed by atoms with Crippen molar-refractivity contribution in [2.24, 2.45) is 22.6 Å². The summed E-state index contributed by atoms with van der Waals surface area (Å²) in [6.45, 7) is 12.5. The molecule has 0 saturated heterocycles. The molecule has 152 valence electrons. The second kappa shape index (κ2) is 11.3. The van der Waals surface area contributed by atoms with Gasteiger partial charge in [-0.1, -0.05) is 41.5 Å². The lowest BCUT2D eigenvalue weighted by molar-refractivity contribution is -0.136. The van der Waals surface area contributed by atoms with Gasteiger partial charge in [-0.2, -0.15) is 0 Å². The summed E-state index contributed by atoms with van der Waals surface area (Å²) in [5.41, 5.74) is -1.14.